The van der Waals surface area contributed by atoms with Crippen LogP contribution in [0.15, 0.2) is 47.6 Å². The van der Waals surface area contributed by atoms with Gasteiger partial charge in [0, 0.05) is 18.5 Å². The lowest BCUT2D eigenvalue weighted by atomic mass is 9.72. The highest BCUT2D eigenvalue weighted by molar-refractivity contribution is 7.99. The molecule has 1 aliphatic rings. The molecule has 1 aromatic carbocycles. The van der Waals surface area contributed by atoms with Crippen molar-refractivity contribution in [2.45, 2.75) is 43.6 Å². The van der Waals surface area contributed by atoms with Crippen molar-refractivity contribution in [3.8, 4) is 0 Å². The molecular weight excluding hydrogens is 402 g/mol. The zero-order valence-electron chi connectivity index (χ0n) is 17.3. The molecule has 1 fully saturated rings. The fourth-order valence-electron chi connectivity index (χ4n) is 4.25. The Labute approximate surface area is 183 Å². The maximum absolute atomic E-state index is 12.8. The third kappa shape index (κ3) is 6.21. The summed E-state index contributed by atoms with van der Waals surface area (Å²) in [6.45, 7) is 1.13. The lowest BCUT2D eigenvalue weighted by Gasteiger charge is -2.39. The Morgan fingerprint density at radius 3 is 2.66 bits per heavy atom. The van der Waals surface area contributed by atoms with E-state index in [0.29, 0.717) is 21.7 Å². The van der Waals surface area contributed by atoms with Gasteiger partial charge in [-0.15, -0.1) is 11.8 Å². The minimum Gasteiger partial charge on any atom is -0.321 e. The van der Waals surface area contributed by atoms with Crippen molar-refractivity contribution < 1.29 is 4.79 Å². The number of carbonyl (C=O) groups excluding carboxylic acids is 1. The maximum atomic E-state index is 12.8. The predicted octanol–water partition coefficient (Wildman–Crippen LogP) is 5.98. The Hall–Kier alpha value is -1.56. The van der Waals surface area contributed by atoms with Crippen LogP contribution in [0.2, 0.25) is 5.02 Å². The molecule has 4 nitrogen and oxygen atoms in total. The van der Waals surface area contributed by atoms with Gasteiger partial charge >= 0.3 is 0 Å². The molecule has 0 radical (unpaired) electrons. The van der Waals surface area contributed by atoms with E-state index in [0.717, 1.165) is 23.7 Å². The summed E-state index contributed by atoms with van der Waals surface area (Å²) in [4.78, 5) is 19.6. The molecule has 1 aliphatic carbocycles. The molecule has 29 heavy (non-hydrogen) atoms. The number of nitrogens with one attached hydrogen (secondary N) is 1. The summed E-state index contributed by atoms with van der Waals surface area (Å²) in [5.41, 5.74) is 1.61. The highest BCUT2D eigenvalue weighted by Gasteiger charge is 2.32. The van der Waals surface area contributed by atoms with Gasteiger partial charge in [-0.3, -0.25) is 4.79 Å². The minimum atomic E-state index is -0.172. The van der Waals surface area contributed by atoms with Crippen LogP contribution >= 0.6 is 23.4 Å². The lowest BCUT2D eigenvalue weighted by molar-refractivity contribution is 0.102. The largest absolute Gasteiger partial charge is 0.321 e. The highest BCUT2D eigenvalue weighted by Crippen LogP contribution is 2.41. The second kappa shape index (κ2) is 10.5. The smallest absolute Gasteiger partial charge is 0.258 e. The average Bonchev–Trinajstić information content (AvgIpc) is 2.70. The summed E-state index contributed by atoms with van der Waals surface area (Å²) in [5, 5.41) is 4.22. The fourth-order valence-corrected chi connectivity index (χ4v) is 5.62. The van der Waals surface area contributed by atoms with E-state index < -0.39 is 0 Å². The maximum Gasteiger partial charge on any atom is 0.258 e. The Kier molecular flexibility index (Phi) is 7.99. The third-order valence-electron chi connectivity index (χ3n) is 5.57. The molecule has 0 bridgehead atoms. The van der Waals surface area contributed by atoms with Crippen molar-refractivity contribution in [3.63, 3.8) is 0 Å². The second-order valence-corrected chi connectivity index (χ2v) is 9.68. The van der Waals surface area contributed by atoms with Crippen molar-refractivity contribution in [3.05, 3.63) is 53.2 Å². The zero-order valence-corrected chi connectivity index (χ0v) is 18.9. The van der Waals surface area contributed by atoms with Crippen LogP contribution < -0.4 is 5.32 Å². The second-order valence-electron chi connectivity index (χ2n) is 8.19. The molecule has 0 unspecified atom stereocenters. The monoisotopic (exact) mass is 431 g/mol. The first-order valence-electron chi connectivity index (χ1n) is 10.3. The van der Waals surface area contributed by atoms with Crippen molar-refractivity contribution >= 4 is 35.0 Å². The van der Waals surface area contributed by atoms with E-state index in [9.17, 15) is 4.79 Å². The van der Waals surface area contributed by atoms with Gasteiger partial charge in [-0.25, -0.2) is 4.98 Å². The summed E-state index contributed by atoms with van der Waals surface area (Å²) >= 11 is 7.87. The van der Waals surface area contributed by atoms with Crippen molar-refractivity contribution in [1.82, 2.24) is 9.88 Å². The van der Waals surface area contributed by atoms with Gasteiger partial charge in [0.05, 0.1) is 16.3 Å². The van der Waals surface area contributed by atoms with Gasteiger partial charge in [-0.1, -0.05) is 43.0 Å². The molecule has 1 saturated carbocycles. The van der Waals surface area contributed by atoms with Gasteiger partial charge in [0.25, 0.3) is 5.91 Å². The minimum absolute atomic E-state index is 0.172. The van der Waals surface area contributed by atoms with Crippen LogP contribution in [0.1, 0.15) is 48.9 Å². The van der Waals surface area contributed by atoms with Crippen LogP contribution in [0.4, 0.5) is 5.69 Å². The molecule has 6 heteroatoms. The fraction of sp³-hybridized carbons (Fsp3) is 0.478. The number of rotatable bonds is 8. The summed E-state index contributed by atoms with van der Waals surface area (Å²) in [6.07, 6.45) is 9.51. The summed E-state index contributed by atoms with van der Waals surface area (Å²) < 4.78 is 0. The number of amides is 1. The van der Waals surface area contributed by atoms with Crippen molar-refractivity contribution in [2.75, 3.05) is 31.7 Å². The molecular formula is C23H30ClN3OS. The normalized spacial score (nSPS) is 16.0. The van der Waals surface area contributed by atoms with Gasteiger partial charge in [-0.2, -0.15) is 0 Å². The molecule has 0 atom stereocenters. The number of aromatic nitrogens is 1. The number of anilines is 1. The molecule has 0 aliphatic heterocycles. The molecule has 1 aromatic heterocycles. The lowest BCUT2D eigenvalue weighted by Crippen LogP contribution is -2.36. The van der Waals surface area contributed by atoms with Crippen molar-refractivity contribution in [1.29, 1.82) is 0 Å². The van der Waals surface area contributed by atoms with E-state index in [1.165, 1.54) is 32.1 Å². The van der Waals surface area contributed by atoms with E-state index >= 15 is 0 Å². The molecule has 1 N–H and O–H groups in total. The Bertz CT molecular complexity index is 821. The standard InChI is InChI=1S/C23H30ClN3OS/c1-27(2)17-23(12-6-3-7-13-23)14-16-29-22-18(9-8-15-25-22)21(28)26-20-11-5-4-10-19(20)24/h4-5,8-11,15H,3,6-7,12-14,16-17H2,1-2H3,(H,26,28). The summed E-state index contributed by atoms with van der Waals surface area (Å²) in [6, 6.07) is 10.9. The van der Waals surface area contributed by atoms with E-state index in [4.69, 9.17) is 11.6 Å². The molecule has 0 saturated heterocycles. The highest BCUT2D eigenvalue weighted by atomic mass is 35.5. The molecule has 1 amide bonds. The van der Waals surface area contributed by atoms with Crippen LogP contribution in [0.5, 0.6) is 0 Å². The average molecular weight is 432 g/mol. The number of para-hydroxylation sites is 1. The number of nitrogens with zero attached hydrogens (tertiary/aromatic N) is 2. The first-order chi connectivity index (χ1) is 14.0. The van der Waals surface area contributed by atoms with Gasteiger partial charge in [0.1, 0.15) is 5.03 Å². The number of pyridine rings is 1. The Morgan fingerprint density at radius 1 is 1.17 bits per heavy atom. The first-order valence-corrected chi connectivity index (χ1v) is 11.6. The molecule has 1 heterocycles. The molecule has 3 rings (SSSR count). The van der Waals surface area contributed by atoms with E-state index in [-0.39, 0.29) is 5.91 Å². The van der Waals surface area contributed by atoms with Gasteiger partial charge < -0.3 is 10.2 Å². The number of thioether (sulfide) groups is 1. The third-order valence-corrected chi connectivity index (χ3v) is 6.91. The molecule has 2 aromatic rings. The van der Waals surface area contributed by atoms with Crippen LogP contribution in [-0.2, 0) is 0 Å². The van der Waals surface area contributed by atoms with E-state index in [1.54, 1.807) is 36.2 Å². The van der Waals surface area contributed by atoms with Crippen LogP contribution in [0.25, 0.3) is 0 Å². The Balaban J connectivity index is 1.66. The number of hydrogen-bond donors (Lipinski definition) is 1. The molecule has 156 valence electrons. The summed E-state index contributed by atoms with van der Waals surface area (Å²) in [5.74, 6) is 0.798. The first kappa shape index (κ1) is 22.1. The topological polar surface area (TPSA) is 45.2 Å². The number of hydrogen-bond acceptors (Lipinski definition) is 4. The number of benzene rings is 1. The Morgan fingerprint density at radius 2 is 1.93 bits per heavy atom. The van der Waals surface area contributed by atoms with E-state index in [1.807, 2.05) is 18.2 Å². The number of halogens is 1. The molecule has 0 spiro atoms. The zero-order chi connectivity index (χ0) is 20.7. The number of carbonyl (C=O) groups is 1. The van der Waals surface area contributed by atoms with Crippen LogP contribution in [0, 0.1) is 5.41 Å². The van der Waals surface area contributed by atoms with Gasteiger partial charge in [0.2, 0.25) is 0 Å². The SMILES string of the molecule is CN(C)CC1(CCSc2ncccc2C(=O)Nc2ccccc2Cl)CCCCC1. The van der Waals surface area contributed by atoms with Gasteiger partial charge in [-0.05, 0) is 63.0 Å². The predicted molar refractivity (Wildman–Crippen MR) is 123 cm³/mol. The quantitative estimate of drug-likeness (QED) is 0.522. The van der Waals surface area contributed by atoms with E-state index in [2.05, 4.69) is 29.3 Å². The van der Waals surface area contributed by atoms with Crippen LogP contribution in [0.3, 0.4) is 0 Å². The summed E-state index contributed by atoms with van der Waals surface area (Å²) in [7, 11) is 4.33. The van der Waals surface area contributed by atoms with Gasteiger partial charge in [0.15, 0.2) is 0 Å². The van der Waals surface area contributed by atoms with Crippen LogP contribution in [-0.4, -0.2) is 42.2 Å². The van der Waals surface area contributed by atoms with Crippen molar-refractivity contribution in [2.24, 2.45) is 5.41 Å².